The number of anilines is 1. The third-order valence-corrected chi connectivity index (χ3v) is 4.47. The molecule has 0 fully saturated rings. The molecule has 0 unspecified atom stereocenters. The first-order valence-corrected chi connectivity index (χ1v) is 9.66. The van der Waals surface area contributed by atoms with Crippen molar-refractivity contribution in [2.75, 3.05) is 19.5 Å². The number of methoxy groups -OCH3 is 2. The van der Waals surface area contributed by atoms with Gasteiger partial charge in [-0.2, -0.15) is 5.10 Å². The average Bonchev–Trinajstić information content (AvgIpc) is 3.25. The Hall–Kier alpha value is -4.14. The van der Waals surface area contributed by atoms with Crippen LogP contribution in [0.2, 0.25) is 0 Å². The number of aromatic nitrogens is 2. The first-order chi connectivity index (χ1) is 15.3. The van der Waals surface area contributed by atoms with Gasteiger partial charge in [0.15, 0.2) is 12.4 Å². The Balaban J connectivity index is 1.72. The average molecular weight is 437 g/mol. The molecule has 0 aliphatic heterocycles. The molecule has 9 nitrogen and oxygen atoms in total. The Bertz CT molecular complexity index is 1110. The molecule has 0 spiro atoms. The molecule has 3 rings (SSSR count). The highest BCUT2D eigenvalue weighted by Gasteiger charge is 2.16. The van der Waals surface area contributed by atoms with E-state index in [-0.39, 0.29) is 29.2 Å². The third-order valence-electron chi connectivity index (χ3n) is 4.47. The summed E-state index contributed by atoms with van der Waals surface area (Å²) in [5.74, 6) is -1.12. The van der Waals surface area contributed by atoms with Gasteiger partial charge < -0.3 is 19.5 Å². The van der Waals surface area contributed by atoms with Crippen molar-refractivity contribution in [3.05, 3.63) is 76.6 Å². The highest BCUT2D eigenvalue weighted by atomic mass is 16.5. The predicted molar refractivity (Wildman–Crippen MR) is 116 cm³/mol. The van der Waals surface area contributed by atoms with Crippen LogP contribution in [0, 0.1) is 13.8 Å². The second kappa shape index (κ2) is 9.78. The molecule has 1 amide bonds. The molecule has 1 aromatic heterocycles. The lowest BCUT2D eigenvalue weighted by molar-refractivity contribution is 0.0599. The van der Waals surface area contributed by atoms with Gasteiger partial charge in [-0.15, -0.1) is 0 Å². The summed E-state index contributed by atoms with van der Waals surface area (Å²) in [5.41, 5.74) is 2.72. The zero-order valence-corrected chi connectivity index (χ0v) is 18.2. The summed E-state index contributed by atoms with van der Waals surface area (Å²) >= 11 is 0. The van der Waals surface area contributed by atoms with Gasteiger partial charge in [0.2, 0.25) is 0 Å². The van der Waals surface area contributed by atoms with Crippen molar-refractivity contribution in [1.82, 2.24) is 9.78 Å². The van der Waals surface area contributed by atoms with E-state index in [1.165, 1.54) is 43.2 Å². The van der Waals surface area contributed by atoms with Crippen LogP contribution < -0.4 is 10.1 Å². The van der Waals surface area contributed by atoms with Crippen LogP contribution in [0.1, 0.15) is 42.3 Å². The fourth-order valence-electron chi connectivity index (χ4n) is 3.08. The summed E-state index contributed by atoms with van der Waals surface area (Å²) in [6, 6.07) is 11.5. The van der Waals surface area contributed by atoms with E-state index in [2.05, 4.69) is 10.4 Å². The van der Waals surface area contributed by atoms with Crippen molar-refractivity contribution in [1.29, 1.82) is 0 Å². The van der Waals surface area contributed by atoms with Gasteiger partial charge in [-0.25, -0.2) is 14.3 Å². The Morgan fingerprint density at radius 3 is 2.06 bits per heavy atom. The molecule has 9 heteroatoms. The highest BCUT2D eigenvalue weighted by molar-refractivity contribution is 6.04. The molecule has 0 radical (unpaired) electrons. The SMILES string of the molecule is COC(=O)c1cc(NC(=O)c2ccn(COc3cc(C)cc(C)c3)n2)cc(C(=O)OC)c1. The molecule has 0 saturated carbocycles. The van der Waals surface area contributed by atoms with E-state index >= 15 is 0 Å². The van der Waals surface area contributed by atoms with Gasteiger partial charge in [-0.1, -0.05) is 6.07 Å². The highest BCUT2D eigenvalue weighted by Crippen LogP contribution is 2.19. The van der Waals surface area contributed by atoms with Crippen LogP contribution in [0.25, 0.3) is 0 Å². The molecule has 0 saturated heterocycles. The Morgan fingerprint density at radius 1 is 0.906 bits per heavy atom. The molecular weight excluding hydrogens is 414 g/mol. The lowest BCUT2D eigenvalue weighted by Gasteiger charge is -2.09. The van der Waals surface area contributed by atoms with E-state index in [0.29, 0.717) is 5.75 Å². The van der Waals surface area contributed by atoms with E-state index in [1.807, 2.05) is 32.0 Å². The number of benzene rings is 2. The van der Waals surface area contributed by atoms with Crippen LogP contribution in [0.3, 0.4) is 0 Å². The number of amides is 1. The third kappa shape index (κ3) is 5.51. The summed E-state index contributed by atoms with van der Waals surface area (Å²) in [7, 11) is 2.44. The molecule has 166 valence electrons. The van der Waals surface area contributed by atoms with E-state index in [9.17, 15) is 14.4 Å². The number of aryl methyl sites for hydroxylation is 2. The molecule has 1 N–H and O–H groups in total. The van der Waals surface area contributed by atoms with Crippen molar-refractivity contribution in [3.8, 4) is 5.75 Å². The minimum Gasteiger partial charge on any atom is -0.471 e. The number of hydrogen-bond acceptors (Lipinski definition) is 7. The van der Waals surface area contributed by atoms with E-state index in [1.54, 1.807) is 6.20 Å². The van der Waals surface area contributed by atoms with Crippen molar-refractivity contribution < 1.29 is 28.6 Å². The fraction of sp³-hybridized carbons (Fsp3) is 0.217. The Labute approximate surface area is 184 Å². The number of hydrogen-bond donors (Lipinski definition) is 1. The summed E-state index contributed by atoms with van der Waals surface area (Å²) in [5, 5.41) is 6.84. The zero-order valence-electron chi connectivity index (χ0n) is 18.2. The molecular formula is C23H23N3O6. The molecule has 0 aliphatic carbocycles. The maximum absolute atomic E-state index is 12.6. The molecule has 1 heterocycles. The second-order valence-corrected chi connectivity index (χ2v) is 7.07. The predicted octanol–water partition coefficient (Wildman–Crippen LogP) is 3.36. The van der Waals surface area contributed by atoms with Crippen LogP contribution in [0.4, 0.5) is 5.69 Å². The number of carbonyl (C=O) groups is 3. The van der Waals surface area contributed by atoms with E-state index in [4.69, 9.17) is 14.2 Å². The zero-order chi connectivity index (χ0) is 23.3. The lowest BCUT2D eigenvalue weighted by Crippen LogP contribution is -2.16. The molecule has 3 aromatic rings. The molecule has 2 aromatic carbocycles. The van der Waals surface area contributed by atoms with Crippen LogP contribution in [0.15, 0.2) is 48.7 Å². The quantitative estimate of drug-likeness (QED) is 0.565. The molecule has 0 bridgehead atoms. The summed E-state index contributed by atoms with van der Waals surface area (Å²) in [6.45, 7) is 4.09. The molecule has 32 heavy (non-hydrogen) atoms. The monoisotopic (exact) mass is 437 g/mol. The summed E-state index contributed by atoms with van der Waals surface area (Å²) in [4.78, 5) is 36.4. The van der Waals surface area contributed by atoms with Gasteiger partial charge in [0, 0.05) is 11.9 Å². The number of nitrogens with one attached hydrogen (secondary N) is 1. The van der Waals surface area contributed by atoms with Gasteiger partial charge in [-0.3, -0.25) is 4.79 Å². The number of esters is 2. The van der Waals surface area contributed by atoms with E-state index < -0.39 is 17.8 Å². The summed E-state index contributed by atoms with van der Waals surface area (Å²) < 4.78 is 16.6. The largest absolute Gasteiger partial charge is 0.471 e. The number of nitrogens with zero attached hydrogens (tertiary/aromatic N) is 2. The number of carbonyl (C=O) groups excluding carboxylic acids is 3. The van der Waals surface area contributed by atoms with Crippen LogP contribution in [-0.2, 0) is 16.2 Å². The van der Waals surface area contributed by atoms with Crippen LogP contribution in [0.5, 0.6) is 5.75 Å². The standard InChI is InChI=1S/C23H23N3O6/c1-14-7-15(2)9-19(8-14)32-13-26-6-5-20(25-26)21(27)24-18-11-16(22(28)30-3)10-17(12-18)23(29)31-4/h5-12H,13H2,1-4H3,(H,24,27). The minimum absolute atomic E-state index is 0.0954. The normalized spacial score (nSPS) is 10.4. The van der Waals surface area contributed by atoms with Crippen LogP contribution >= 0.6 is 0 Å². The minimum atomic E-state index is -0.654. The maximum Gasteiger partial charge on any atom is 0.337 e. The first kappa shape index (κ1) is 22.5. The van der Waals surface area contributed by atoms with Gasteiger partial charge >= 0.3 is 11.9 Å². The van der Waals surface area contributed by atoms with Crippen molar-refractivity contribution in [2.45, 2.75) is 20.6 Å². The molecule has 0 atom stereocenters. The van der Waals surface area contributed by atoms with Gasteiger partial charge in [-0.05, 0) is 61.4 Å². The van der Waals surface area contributed by atoms with Crippen molar-refractivity contribution >= 4 is 23.5 Å². The Kier molecular flexibility index (Phi) is 6.89. The van der Waals surface area contributed by atoms with Crippen molar-refractivity contribution in [2.24, 2.45) is 0 Å². The second-order valence-electron chi connectivity index (χ2n) is 7.07. The van der Waals surface area contributed by atoms with Gasteiger partial charge in [0.25, 0.3) is 5.91 Å². The van der Waals surface area contributed by atoms with E-state index in [0.717, 1.165) is 11.1 Å². The van der Waals surface area contributed by atoms with Crippen LogP contribution in [-0.4, -0.2) is 41.8 Å². The smallest absolute Gasteiger partial charge is 0.337 e. The summed E-state index contributed by atoms with van der Waals surface area (Å²) in [6.07, 6.45) is 1.61. The first-order valence-electron chi connectivity index (χ1n) is 9.66. The maximum atomic E-state index is 12.6. The number of ether oxygens (including phenoxy) is 3. The van der Waals surface area contributed by atoms with Crippen molar-refractivity contribution in [3.63, 3.8) is 0 Å². The number of rotatable bonds is 7. The fourth-order valence-corrected chi connectivity index (χ4v) is 3.08. The van der Waals surface area contributed by atoms with Gasteiger partial charge in [0.1, 0.15) is 5.75 Å². The lowest BCUT2D eigenvalue weighted by atomic mass is 10.1. The van der Waals surface area contributed by atoms with Gasteiger partial charge in [0.05, 0.1) is 25.3 Å². The Morgan fingerprint density at radius 2 is 1.50 bits per heavy atom. The topological polar surface area (TPSA) is 109 Å². The molecule has 0 aliphatic rings.